The molecule has 1 fully saturated rings. The highest BCUT2D eigenvalue weighted by Gasteiger charge is 2.18. The van der Waals surface area contributed by atoms with Crippen molar-refractivity contribution in [1.29, 1.82) is 0 Å². The van der Waals surface area contributed by atoms with Crippen LogP contribution < -0.4 is 5.32 Å². The summed E-state index contributed by atoms with van der Waals surface area (Å²) in [5.74, 6) is 0.864. The highest BCUT2D eigenvalue weighted by atomic mass is 16.5. The van der Waals surface area contributed by atoms with Crippen molar-refractivity contribution in [3.63, 3.8) is 0 Å². The lowest BCUT2D eigenvalue weighted by Crippen LogP contribution is -2.30. The second kappa shape index (κ2) is 8.34. The zero-order valence-electron chi connectivity index (χ0n) is 12.1. The van der Waals surface area contributed by atoms with Gasteiger partial charge in [0, 0.05) is 19.3 Å². The van der Waals surface area contributed by atoms with E-state index < -0.39 is 0 Å². The Labute approximate surface area is 117 Å². The minimum Gasteiger partial charge on any atom is -0.381 e. The van der Waals surface area contributed by atoms with Gasteiger partial charge in [-0.15, -0.1) is 0 Å². The number of hydrogen-bond donors (Lipinski definition) is 1. The van der Waals surface area contributed by atoms with Crippen LogP contribution in [0.25, 0.3) is 0 Å². The molecule has 0 saturated carbocycles. The van der Waals surface area contributed by atoms with Gasteiger partial charge in [0.15, 0.2) is 0 Å². The molecule has 0 spiro atoms. The Morgan fingerprint density at radius 2 is 1.95 bits per heavy atom. The normalized spacial score (nSPS) is 18.4. The predicted octanol–water partition coefficient (Wildman–Crippen LogP) is 3.41. The maximum Gasteiger partial charge on any atom is 0.0468 e. The summed E-state index contributed by atoms with van der Waals surface area (Å²) in [5.41, 5.74) is 1.46. The average molecular weight is 261 g/mol. The van der Waals surface area contributed by atoms with E-state index in [2.05, 4.69) is 42.7 Å². The van der Waals surface area contributed by atoms with Crippen LogP contribution in [-0.2, 0) is 11.2 Å². The second-order valence-electron chi connectivity index (χ2n) is 5.65. The second-order valence-corrected chi connectivity index (χ2v) is 5.65. The molecule has 1 N–H and O–H groups in total. The van der Waals surface area contributed by atoms with Gasteiger partial charge in [-0.25, -0.2) is 0 Å². The highest BCUT2D eigenvalue weighted by molar-refractivity contribution is 5.14. The van der Waals surface area contributed by atoms with E-state index >= 15 is 0 Å². The molecule has 1 aliphatic rings. The first-order valence-corrected chi connectivity index (χ1v) is 7.67. The monoisotopic (exact) mass is 261 g/mol. The third kappa shape index (κ3) is 5.33. The van der Waals surface area contributed by atoms with Gasteiger partial charge in [0.25, 0.3) is 0 Å². The van der Waals surface area contributed by atoms with E-state index in [1.165, 1.54) is 44.1 Å². The summed E-state index contributed by atoms with van der Waals surface area (Å²) >= 11 is 0. The Balaban J connectivity index is 1.67. The lowest BCUT2D eigenvalue weighted by Gasteiger charge is -2.26. The van der Waals surface area contributed by atoms with Crippen LogP contribution in [0, 0.1) is 5.92 Å². The molecule has 2 nitrogen and oxygen atoms in total. The molecule has 19 heavy (non-hydrogen) atoms. The molecule has 1 atom stereocenters. The van der Waals surface area contributed by atoms with Gasteiger partial charge in [0.05, 0.1) is 0 Å². The van der Waals surface area contributed by atoms with E-state index in [0.29, 0.717) is 6.04 Å². The average Bonchev–Trinajstić information content (AvgIpc) is 2.48. The maximum absolute atomic E-state index is 5.43. The maximum atomic E-state index is 5.43. The smallest absolute Gasteiger partial charge is 0.0468 e. The molecule has 2 heteroatoms. The molecule has 0 aliphatic carbocycles. The molecule has 106 valence electrons. The quantitative estimate of drug-likeness (QED) is 0.812. The van der Waals surface area contributed by atoms with Crippen molar-refractivity contribution in [1.82, 2.24) is 5.32 Å². The van der Waals surface area contributed by atoms with E-state index in [1.807, 2.05) is 0 Å². The Hall–Kier alpha value is -0.860. The molecular formula is C17H27NO. The van der Waals surface area contributed by atoms with E-state index in [0.717, 1.165) is 19.1 Å². The number of hydrogen-bond acceptors (Lipinski definition) is 2. The number of nitrogens with one attached hydrogen (secondary N) is 1. The largest absolute Gasteiger partial charge is 0.381 e. The molecule has 1 aromatic rings. The van der Waals surface area contributed by atoms with E-state index in [1.54, 1.807) is 0 Å². The number of benzene rings is 1. The lowest BCUT2D eigenvalue weighted by atomic mass is 9.90. The van der Waals surface area contributed by atoms with Gasteiger partial charge in [-0.05, 0) is 57.1 Å². The first-order chi connectivity index (χ1) is 9.38. The van der Waals surface area contributed by atoms with E-state index in [4.69, 9.17) is 4.74 Å². The molecule has 0 bridgehead atoms. The van der Waals surface area contributed by atoms with Crippen LogP contribution in [0.2, 0.25) is 0 Å². The highest BCUT2D eigenvalue weighted by Crippen LogP contribution is 2.22. The summed E-state index contributed by atoms with van der Waals surface area (Å²) in [6.45, 7) is 1.93. The van der Waals surface area contributed by atoms with Gasteiger partial charge in [0.1, 0.15) is 0 Å². The van der Waals surface area contributed by atoms with Gasteiger partial charge in [-0.2, -0.15) is 0 Å². The fourth-order valence-electron chi connectivity index (χ4n) is 2.96. The van der Waals surface area contributed by atoms with Gasteiger partial charge < -0.3 is 10.1 Å². The number of aryl methyl sites for hydroxylation is 1. The molecule has 1 saturated heterocycles. The summed E-state index contributed by atoms with van der Waals surface area (Å²) in [5, 5.41) is 3.49. The summed E-state index contributed by atoms with van der Waals surface area (Å²) in [6, 6.07) is 11.5. The van der Waals surface area contributed by atoms with Crippen LogP contribution in [0.1, 0.15) is 37.7 Å². The molecule has 1 aromatic carbocycles. The third-order valence-electron chi connectivity index (χ3n) is 4.23. The first-order valence-electron chi connectivity index (χ1n) is 7.67. The topological polar surface area (TPSA) is 21.3 Å². The molecule has 1 heterocycles. The minimum absolute atomic E-state index is 0.673. The van der Waals surface area contributed by atoms with Crippen molar-refractivity contribution in [2.45, 2.75) is 44.6 Å². The number of ether oxygens (including phenoxy) is 1. The van der Waals surface area contributed by atoms with Crippen LogP contribution in [0.15, 0.2) is 30.3 Å². The van der Waals surface area contributed by atoms with Gasteiger partial charge in [-0.3, -0.25) is 0 Å². The first kappa shape index (κ1) is 14.5. The van der Waals surface area contributed by atoms with Crippen LogP contribution in [0.4, 0.5) is 0 Å². The zero-order valence-corrected chi connectivity index (χ0v) is 12.1. The summed E-state index contributed by atoms with van der Waals surface area (Å²) in [7, 11) is 2.10. The summed E-state index contributed by atoms with van der Waals surface area (Å²) in [4.78, 5) is 0. The SMILES string of the molecule is CNC(CCCc1ccccc1)CC1CCOCC1. The summed E-state index contributed by atoms with van der Waals surface area (Å²) < 4.78 is 5.43. The Bertz CT molecular complexity index is 332. The molecule has 0 amide bonds. The van der Waals surface area contributed by atoms with Crippen molar-refractivity contribution < 1.29 is 4.74 Å². The van der Waals surface area contributed by atoms with E-state index in [-0.39, 0.29) is 0 Å². The minimum atomic E-state index is 0.673. The van der Waals surface area contributed by atoms with Crippen LogP contribution in [0.5, 0.6) is 0 Å². The van der Waals surface area contributed by atoms with Crippen molar-refractivity contribution in [2.75, 3.05) is 20.3 Å². The van der Waals surface area contributed by atoms with Crippen LogP contribution >= 0.6 is 0 Å². The van der Waals surface area contributed by atoms with E-state index in [9.17, 15) is 0 Å². The molecule has 2 rings (SSSR count). The van der Waals surface area contributed by atoms with Gasteiger partial charge >= 0.3 is 0 Å². The Morgan fingerprint density at radius 1 is 1.21 bits per heavy atom. The fourth-order valence-corrected chi connectivity index (χ4v) is 2.96. The molecular weight excluding hydrogens is 234 g/mol. The van der Waals surface area contributed by atoms with Crippen molar-refractivity contribution in [2.24, 2.45) is 5.92 Å². The molecule has 1 unspecified atom stereocenters. The number of rotatable bonds is 7. The predicted molar refractivity (Wildman–Crippen MR) is 80.4 cm³/mol. The third-order valence-corrected chi connectivity index (χ3v) is 4.23. The molecule has 0 radical (unpaired) electrons. The van der Waals surface area contributed by atoms with Gasteiger partial charge in [-0.1, -0.05) is 30.3 Å². The lowest BCUT2D eigenvalue weighted by molar-refractivity contribution is 0.0604. The van der Waals surface area contributed by atoms with Crippen LogP contribution in [0.3, 0.4) is 0 Å². The van der Waals surface area contributed by atoms with Gasteiger partial charge in [0.2, 0.25) is 0 Å². The zero-order chi connectivity index (χ0) is 13.3. The molecule has 1 aliphatic heterocycles. The van der Waals surface area contributed by atoms with Crippen molar-refractivity contribution in [3.05, 3.63) is 35.9 Å². The molecule has 0 aromatic heterocycles. The standard InChI is InChI=1S/C17H27NO/c1-18-17(14-16-10-12-19-13-11-16)9-5-8-15-6-3-2-4-7-15/h2-4,6-7,16-18H,5,8-14H2,1H3. The Kier molecular flexibility index (Phi) is 6.38. The van der Waals surface area contributed by atoms with Crippen LogP contribution in [-0.4, -0.2) is 26.3 Å². The Morgan fingerprint density at radius 3 is 2.63 bits per heavy atom. The van der Waals surface area contributed by atoms with Crippen molar-refractivity contribution in [3.8, 4) is 0 Å². The van der Waals surface area contributed by atoms with Crippen molar-refractivity contribution >= 4 is 0 Å². The summed E-state index contributed by atoms with van der Waals surface area (Å²) in [6.07, 6.45) is 7.57. The fraction of sp³-hybridized carbons (Fsp3) is 0.647.